The molecule has 0 aliphatic rings. The fourth-order valence-corrected chi connectivity index (χ4v) is 0.754. The van der Waals surface area contributed by atoms with Crippen molar-refractivity contribution < 1.29 is 14.6 Å². The fourth-order valence-electron chi connectivity index (χ4n) is 0.754. The van der Waals surface area contributed by atoms with Gasteiger partial charge in [-0.15, -0.1) is 0 Å². The van der Waals surface area contributed by atoms with Crippen molar-refractivity contribution in [3.05, 3.63) is 0 Å². The lowest BCUT2D eigenvalue weighted by atomic mass is 9.95. The molecule has 0 aliphatic carbocycles. The van der Waals surface area contributed by atoms with Crippen LogP contribution in [-0.4, -0.2) is 37.4 Å². The number of carbonyl (C=O) groups excluding carboxylic acids is 1. The monoisotopic (exact) mass is 203 g/mol. The van der Waals surface area contributed by atoms with Crippen molar-refractivity contribution >= 4 is 5.91 Å². The van der Waals surface area contributed by atoms with Crippen molar-refractivity contribution in [3.63, 3.8) is 0 Å². The summed E-state index contributed by atoms with van der Waals surface area (Å²) in [5.41, 5.74) is -0.263. The molecule has 0 unspecified atom stereocenters. The maximum absolute atomic E-state index is 11.2. The number of carbonyl (C=O) groups is 1. The number of hydrogen-bond donors (Lipinski definition) is 2. The Bertz CT molecular complexity index is 169. The maximum atomic E-state index is 11.2. The zero-order valence-corrected chi connectivity index (χ0v) is 9.30. The second-order valence-corrected chi connectivity index (χ2v) is 4.15. The van der Waals surface area contributed by atoms with E-state index >= 15 is 0 Å². The van der Waals surface area contributed by atoms with E-state index in [9.17, 15) is 4.79 Å². The molecular formula is C10H21NO3. The van der Waals surface area contributed by atoms with E-state index in [-0.39, 0.29) is 24.5 Å². The van der Waals surface area contributed by atoms with E-state index in [2.05, 4.69) is 5.32 Å². The van der Waals surface area contributed by atoms with E-state index in [0.717, 1.165) is 6.42 Å². The van der Waals surface area contributed by atoms with Crippen molar-refractivity contribution in [2.24, 2.45) is 5.41 Å². The van der Waals surface area contributed by atoms with E-state index in [1.54, 1.807) is 0 Å². The Balaban J connectivity index is 3.53. The van der Waals surface area contributed by atoms with E-state index in [4.69, 9.17) is 9.84 Å². The van der Waals surface area contributed by atoms with Crippen molar-refractivity contribution in [3.8, 4) is 0 Å². The Labute approximate surface area is 85.6 Å². The van der Waals surface area contributed by atoms with Gasteiger partial charge in [0.25, 0.3) is 0 Å². The molecule has 0 aromatic carbocycles. The topological polar surface area (TPSA) is 58.6 Å². The maximum Gasteiger partial charge on any atom is 0.246 e. The second-order valence-electron chi connectivity index (χ2n) is 4.15. The molecule has 0 radical (unpaired) electrons. The molecular weight excluding hydrogens is 182 g/mol. The molecule has 1 amide bonds. The van der Waals surface area contributed by atoms with Crippen LogP contribution in [0.15, 0.2) is 0 Å². The largest absolute Gasteiger partial charge is 0.396 e. The van der Waals surface area contributed by atoms with Gasteiger partial charge in [0.1, 0.15) is 6.61 Å². The van der Waals surface area contributed by atoms with Gasteiger partial charge >= 0.3 is 0 Å². The number of amides is 1. The highest BCUT2D eigenvalue weighted by molar-refractivity contribution is 5.77. The molecule has 0 aliphatic heterocycles. The van der Waals surface area contributed by atoms with Crippen LogP contribution in [0.2, 0.25) is 0 Å². The van der Waals surface area contributed by atoms with Gasteiger partial charge in [-0.3, -0.25) is 4.79 Å². The van der Waals surface area contributed by atoms with E-state index in [1.807, 2.05) is 20.8 Å². The van der Waals surface area contributed by atoms with Gasteiger partial charge in [0.2, 0.25) is 5.91 Å². The lowest BCUT2D eigenvalue weighted by Crippen LogP contribution is -2.37. The minimum Gasteiger partial charge on any atom is -0.396 e. The molecule has 0 aromatic rings. The molecule has 84 valence electrons. The fraction of sp³-hybridized carbons (Fsp3) is 0.900. The van der Waals surface area contributed by atoms with Crippen molar-refractivity contribution in [2.45, 2.75) is 27.2 Å². The Morgan fingerprint density at radius 3 is 2.64 bits per heavy atom. The van der Waals surface area contributed by atoms with Gasteiger partial charge in [-0.05, 0) is 6.42 Å². The average molecular weight is 203 g/mol. The first kappa shape index (κ1) is 13.4. The summed E-state index contributed by atoms with van der Waals surface area (Å²) < 4.78 is 5.07. The number of aliphatic hydroxyl groups excluding tert-OH is 1. The zero-order chi connectivity index (χ0) is 11.0. The first-order chi connectivity index (χ1) is 6.52. The lowest BCUT2D eigenvalue weighted by Gasteiger charge is -2.21. The SMILES string of the molecule is CCCOCC(=O)NCC(C)(C)CO. The summed E-state index contributed by atoms with van der Waals surface area (Å²) >= 11 is 0. The van der Waals surface area contributed by atoms with Crippen LogP contribution in [0.5, 0.6) is 0 Å². The third-order valence-corrected chi connectivity index (χ3v) is 1.77. The Kier molecular flexibility index (Phi) is 6.49. The van der Waals surface area contributed by atoms with E-state index in [0.29, 0.717) is 13.2 Å². The van der Waals surface area contributed by atoms with Gasteiger partial charge in [0.15, 0.2) is 0 Å². The van der Waals surface area contributed by atoms with Crippen LogP contribution in [0.25, 0.3) is 0 Å². The van der Waals surface area contributed by atoms with Crippen LogP contribution in [0, 0.1) is 5.41 Å². The molecule has 0 rings (SSSR count). The normalized spacial score (nSPS) is 11.4. The molecule has 0 saturated carbocycles. The highest BCUT2D eigenvalue weighted by atomic mass is 16.5. The molecule has 0 bridgehead atoms. The molecule has 4 nitrogen and oxygen atoms in total. The number of ether oxygens (including phenoxy) is 1. The Hall–Kier alpha value is -0.610. The van der Waals surface area contributed by atoms with Crippen LogP contribution in [-0.2, 0) is 9.53 Å². The van der Waals surface area contributed by atoms with Gasteiger partial charge in [0.05, 0.1) is 0 Å². The van der Waals surface area contributed by atoms with Crippen LogP contribution in [0.1, 0.15) is 27.2 Å². The molecule has 0 spiro atoms. The van der Waals surface area contributed by atoms with Gasteiger partial charge in [0, 0.05) is 25.2 Å². The summed E-state index contributed by atoms with van der Waals surface area (Å²) in [7, 11) is 0. The minimum absolute atomic E-state index is 0.0586. The van der Waals surface area contributed by atoms with Crippen LogP contribution < -0.4 is 5.32 Å². The zero-order valence-electron chi connectivity index (χ0n) is 9.30. The third kappa shape index (κ3) is 6.86. The predicted octanol–water partition coefficient (Wildman–Crippen LogP) is 0.548. The van der Waals surface area contributed by atoms with Crippen LogP contribution in [0.4, 0.5) is 0 Å². The average Bonchev–Trinajstić information content (AvgIpc) is 2.16. The van der Waals surface area contributed by atoms with E-state index < -0.39 is 0 Å². The van der Waals surface area contributed by atoms with Gasteiger partial charge in [-0.25, -0.2) is 0 Å². The Morgan fingerprint density at radius 2 is 2.14 bits per heavy atom. The lowest BCUT2D eigenvalue weighted by molar-refractivity contribution is -0.126. The molecule has 0 atom stereocenters. The van der Waals surface area contributed by atoms with Crippen molar-refractivity contribution in [1.82, 2.24) is 5.32 Å². The highest BCUT2D eigenvalue weighted by Crippen LogP contribution is 2.10. The van der Waals surface area contributed by atoms with E-state index in [1.165, 1.54) is 0 Å². The summed E-state index contributed by atoms with van der Waals surface area (Å²) in [4.78, 5) is 11.2. The summed E-state index contributed by atoms with van der Waals surface area (Å²) in [6.45, 7) is 7.01. The molecule has 4 heteroatoms. The molecule has 0 saturated heterocycles. The quantitative estimate of drug-likeness (QED) is 0.594. The molecule has 2 N–H and O–H groups in total. The first-order valence-electron chi connectivity index (χ1n) is 4.97. The van der Waals surface area contributed by atoms with Crippen LogP contribution >= 0.6 is 0 Å². The predicted molar refractivity (Wildman–Crippen MR) is 55.0 cm³/mol. The van der Waals surface area contributed by atoms with Crippen LogP contribution in [0.3, 0.4) is 0 Å². The van der Waals surface area contributed by atoms with Gasteiger partial charge in [-0.2, -0.15) is 0 Å². The minimum atomic E-state index is -0.263. The number of hydrogen-bond acceptors (Lipinski definition) is 3. The van der Waals surface area contributed by atoms with Gasteiger partial charge in [-0.1, -0.05) is 20.8 Å². The third-order valence-electron chi connectivity index (χ3n) is 1.77. The number of nitrogens with one attached hydrogen (secondary N) is 1. The molecule has 0 heterocycles. The summed E-state index contributed by atoms with van der Waals surface area (Å²) in [6, 6.07) is 0. The Morgan fingerprint density at radius 1 is 1.50 bits per heavy atom. The highest BCUT2D eigenvalue weighted by Gasteiger charge is 2.17. The summed E-state index contributed by atoms with van der Waals surface area (Å²) in [5, 5.41) is 11.6. The first-order valence-corrected chi connectivity index (χ1v) is 4.97. The van der Waals surface area contributed by atoms with Crippen molar-refractivity contribution in [2.75, 3.05) is 26.4 Å². The second kappa shape index (κ2) is 6.79. The summed E-state index contributed by atoms with van der Waals surface area (Å²) in [6.07, 6.45) is 0.912. The van der Waals surface area contributed by atoms with Gasteiger partial charge < -0.3 is 15.2 Å². The standard InChI is InChI=1S/C10H21NO3/c1-4-5-14-6-9(13)11-7-10(2,3)8-12/h12H,4-8H2,1-3H3,(H,11,13). The molecule has 0 fully saturated rings. The summed E-state index contributed by atoms with van der Waals surface area (Å²) in [5.74, 6) is -0.125. The molecule has 14 heavy (non-hydrogen) atoms. The molecule has 0 aromatic heterocycles. The smallest absolute Gasteiger partial charge is 0.246 e. The van der Waals surface area contributed by atoms with Crippen molar-refractivity contribution in [1.29, 1.82) is 0 Å². The number of aliphatic hydroxyl groups is 1. The number of rotatable bonds is 7.